The van der Waals surface area contributed by atoms with Gasteiger partial charge >= 0.3 is 5.97 Å². The predicted molar refractivity (Wildman–Crippen MR) is 53.2 cm³/mol. The fourth-order valence-electron chi connectivity index (χ4n) is 1.40. The van der Waals surface area contributed by atoms with Crippen molar-refractivity contribution in [2.24, 2.45) is 5.41 Å². The third-order valence-electron chi connectivity index (χ3n) is 2.78. The Morgan fingerprint density at radius 1 is 1.40 bits per heavy atom. The van der Waals surface area contributed by atoms with Gasteiger partial charge in [-0.2, -0.15) is 0 Å². The highest BCUT2D eigenvalue weighted by Crippen LogP contribution is 2.31. The Labute approximate surface area is 89.3 Å². The minimum atomic E-state index is -1.10. The molecule has 1 fully saturated rings. The Kier molecular flexibility index (Phi) is 3.34. The van der Waals surface area contributed by atoms with E-state index in [1.165, 1.54) is 7.11 Å². The molecule has 0 aromatic rings. The molecule has 0 unspecified atom stereocenters. The van der Waals surface area contributed by atoms with Crippen molar-refractivity contribution in [1.29, 1.82) is 0 Å². The molecule has 1 aliphatic rings. The van der Waals surface area contributed by atoms with Gasteiger partial charge in [0.2, 0.25) is 5.91 Å². The Morgan fingerprint density at radius 3 is 2.20 bits per heavy atom. The molecule has 0 bridgehead atoms. The van der Waals surface area contributed by atoms with Gasteiger partial charge in [-0.05, 0) is 13.8 Å². The smallest absolute Gasteiger partial charge is 0.326 e. The van der Waals surface area contributed by atoms with Gasteiger partial charge in [-0.3, -0.25) is 9.59 Å². The first-order chi connectivity index (χ1) is 6.95. The van der Waals surface area contributed by atoms with E-state index in [0.29, 0.717) is 0 Å². The molecular weight excluding hydrogens is 198 g/mol. The maximum absolute atomic E-state index is 12.0. The molecule has 86 valence electrons. The van der Waals surface area contributed by atoms with Crippen molar-refractivity contribution in [3.05, 3.63) is 0 Å². The van der Waals surface area contributed by atoms with Crippen molar-refractivity contribution in [2.45, 2.75) is 19.9 Å². The minimum absolute atomic E-state index is 0.0552. The van der Waals surface area contributed by atoms with E-state index in [-0.39, 0.29) is 25.2 Å². The van der Waals surface area contributed by atoms with Crippen LogP contribution < -0.4 is 0 Å². The number of hydrogen-bond acceptors (Lipinski definition) is 4. The first-order valence-corrected chi connectivity index (χ1v) is 4.89. The van der Waals surface area contributed by atoms with Crippen molar-refractivity contribution in [1.82, 2.24) is 4.90 Å². The van der Waals surface area contributed by atoms with E-state index >= 15 is 0 Å². The van der Waals surface area contributed by atoms with Crippen LogP contribution in [0.5, 0.6) is 0 Å². The third-order valence-corrected chi connectivity index (χ3v) is 2.78. The lowest BCUT2D eigenvalue weighted by Gasteiger charge is -2.40. The molecule has 0 aromatic carbocycles. The van der Waals surface area contributed by atoms with Gasteiger partial charge in [0, 0.05) is 13.1 Å². The number of ether oxygens (including phenoxy) is 2. The summed E-state index contributed by atoms with van der Waals surface area (Å²) < 4.78 is 9.61. The lowest BCUT2D eigenvalue weighted by molar-refractivity contribution is -0.193. The molecule has 1 amide bonds. The molecule has 0 atom stereocenters. The molecule has 0 spiro atoms. The van der Waals surface area contributed by atoms with Crippen LogP contribution in [0.1, 0.15) is 13.8 Å². The highest BCUT2D eigenvalue weighted by atomic mass is 16.5. The van der Waals surface area contributed by atoms with Crippen molar-refractivity contribution in [3.8, 4) is 0 Å². The summed E-state index contributed by atoms with van der Waals surface area (Å²) in [4.78, 5) is 25.1. The van der Waals surface area contributed by atoms with E-state index < -0.39 is 11.4 Å². The molecule has 0 radical (unpaired) electrons. The zero-order valence-corrected chi connectivity index (χ0v) is 9.57. The zero-order chi connectivity index (χ0) is 11.6. The molecular formula is C10H17NO4. The Balaban J connectivity index is 2.83. The lowest BCUT2D eigenvalue weighted by Crippen LogP contribution is -2.60. The van der Waals surface area contributed by atoms with Crippen LogP contribution in [0.2, 0.25) is 0 Å². The maximum Gasteiger partial charge on any atom is 0.326 e. The van der Waals surface area contributed by atoms with Crippen LogP contribution in [-0.2, 0) is 19.1 Å². The molecule has 5 nitrogen and oxygen atoms in total. The summed E-state index contributed by atoms with van der Waals surface area (Å²) in [5, 5.41) is 0. The van der Waals surface area contributed by atoms with Gasteiger partial charge in [-0.25, -0.2) is 0 Å². The fraction of sp³-hybridized carbons (Fsp3) is 0.800. The van der Waals surface area contributed by atoms with E-state index in [2.05, 4.69) is 4.74 Å². The summed E-state index contributed by atoms with van der Waals surface area (Å²) in [7, 11) is 2.96. The first kappa shape index (κ1) is 12.0. The molecule has 0 aromatic heterocycles. The number of carbonyl (C=O) groups is 2. The van der Waals surface area contributed by atoms with E-state index in [4.69, 9.17) is 4.74 Å². The molecule has 15 heavy (non-hydrogen) atoms. The molecule has 1 aliphatic heterocycles. The van der Waals surface area contributed by atoms with Gasteiger partial charge in [0.05, 0.1) is 20.3 Å². The summed E-state index contributed by atoms with van der Waals surface area (Å²) in [5.74, 6) is -0.734. The molecule has 0 saturated carbocycles. The van der Waals surface area contributed by atoms with Crippen LogP contribution in [0.4, 0.5) is 0 Å². The van der Waals surface area contributed by atoms with E-state index in [1.54, 1.807) is 11.9 Å². The van der Waals surface area contributed by atoms with Gasteiger partial charge in [0.25, 0.3) is 0 Å². The third kappa shape index (κ3) is 1.84. The second kappa shape index (κ2) is 4.18. The Morgan fingerprint density at radius 2 is 1.93 bits per heavy atom. The second-order valence-electron chi connectivity index (χ2n) is 4.08. The van der Waals surface area contributed by atoms with Gasteiger partial charge < -0.3 is 14.4 Å². The molecule has 0 N–H and O–H groups in total. The molecule has 0 aliphatic carbocycles. The summed E-state index contributed by atoms with van der Waals surface area (Å²) in [6.07, 6.45) is 0. The van der Waals surface area contributed by atoms with Crippen LogP contribution in [0.15, 0.2) is 0 Å². The number of rotatable bonds is 3. The normalized spacial score (nSPS) is 18.2. The number of carbonyl (C=O) groups excluding carboxylic acids is 2. The number of amides is 1. The second-order valence-corrected chi connectivity index (χ2v) is 4.08. The van der Waals surface area contributed by atoms with E-state index in [9.17, 15) is 9.59 Å². The van der Waals surface area contributed by atoms with Crippen LogP contribution >= 0.6 is 0 Å². The van der Waals surface area contributed by atoms with Crippen molar-refractivity contribution in [2.75, 3.05) is 27.4 Å². The summed E-state index contributed by atoms with van der Waals surface area (Å²) in [6.45, 7) is 4.02. The number of methoxy groups -OCH3 is 1. The average molecular weight is 215 g/mol. The molecule has 1 saturated heterocycles. The maximum atomic E-state index is 12.0. The van der Waals surface area contributed by atoms with Crippen LogP contribution in [-0.4, -0.2) is 50.2 Å². The quantitative estimate of drug-likeness (QED) is 0.493. The summed E-state index contributed by atoms with van der Waals surface area (Å²) in [6, 6.07) is 0.0552. The number of hydrogen-bond donors (Lipinski definition) is 0. The number of esters is 1. The van der Waals surface area contributed by atoms with Crippen molar-refractivity contribution in [3.63, 3.8) is 0 Å². The summed E-state index contributed by atoms with van der Waals surface area (Å²) in [5.41, 5.74) is -1.10. The van der Waals surface area contributed by atoms with Crippen molar-refractivity contribution >= 4 is 11.9 Å². The van der Waals surface area contributed by atoms with Gasteiger partial charge in [0.15, 0.2) is 5.41 Å². The standard InChI is InChI=1S/C10H17NO4/c1-7(2)11(3)8(12)10(5-15-6-10)9(13)14-4/h7H,5-6H2,1-4H3. The Hall–Kier alpha value is -1.10. The van der Waals surface area contributed by atoms with Gasteiger partial charge in [-0.1, -0.05) is 0 Å². The highest BCUT2D eigenvalue weighted by Gasteiger charge is 2.55. The minimum Gasteiger partial charge on any atom is -0.468 e. The number of nitrogens with zero attached hydrogens (tertiary/aromatic N) is 1. The lowest BCUT2D eigenvalue weighted by atomic mass is 9.84. The van der Waals surface area contributed by atoms with Crippen LogP contribution in [0.25, 0.3) is 0 Å². The monoisotopic (exact) mass is 215 g/mol. The first-order valence-electron chi connectivity index (χ1n) is 4.89. The Bertz CT molecular complexity index is 271. The molecule has 1 rings (SSSR count). The largest absolute Gasteiger partial charge is 0.468 e. The van der Waals surface area contributed by atoms with Crippen LogP contribution in [0, 0.1) is 5.41 Å². The zero-order valence-electron chi connectivity index (χ0n) is 9.57. The fourth-order valence-corrected chi connectivity index (χ4v) is 1.40. The predicted octanol–water partition coefficient (Wildman–Crippen LogP) is 0.0428. The van der Waals surface area contributed by atoms with E-state index in [1.807, 2.05) is 13.8 Å². The van der Waals surface area contributed by atoms with Gasteiger partial charge in [0.1, 0.15) is 0 Å². The SMILES string of the molecule is COC(=O)C1(C(=O)N(C)C(C)C)COC1. The van der Waals surface area contributed by atoms with Crippen LogP contribution in [0.3, 0.4) is 0 Å². The van der Waals surface area contributed by atoms with Crippen molar-refractivity contribution < 1.29 is 19.1 Å². The van der Waals surface area contributed by atoms with Gasteiger partial charge in [-0.15, -0.1) is 0 Å². The topological polar surface area (TPSA) is 55.8 Å². The molecule has 1 heterocycles. The summed E-state index contributed by atoms with van der Waals surface area (Å²) >= 11 is 0. The average Bonchev–Trinajstić information content (AvgIpc) is 2.14. The highest BCUT2D eigenvalue weighted by molar-refractivity contribution is 6.03. The molecule has 5 heteroatoms. The van der Waals surface area contributed by atoms with E-state index in [0.717, 1.165) is 0 Å².